The zero-order chi connectivity index (χ0) is 18.6. The quantitative estimate of drug-likeness (QED) is 0.688. The third-order valence-electron chi connectivity index (χ3n) is 5.06. The Morgan fingerprint density at radius 3 is 2.44 bits per heavy atom. The standard InChI is InChI=1S/C19H30N2O4/c1-11-16(13(3)22)12(2)21-17(11)19(24)25-14(4)18(23)20-10-15-8-6-5-7-9-15/h13-15,21-22H,5-10H2,1-4H3,(H,20,23)/t13-,14+/m0/s1. The fourth-order valence-electron chi connectivity index (χ4n) is 3.65. The summed E-state index contributed by atoms with van der Waals surface area (Å²) in [4.78, 5) is 27.5. The molecule has 0 bridgehead atoms. The van der Waals surface area contributed by atoms with Crippen molar-refractivity contribution in [2.45, 2.75) is 72.0 Å². The van der Waals surface area contributed by atoms with Gasteiger partial charge in [-0.3, -0.25) is 4.79 Å². The number of rotatable bonds is 6. The second-order valence-corrected chi connectivity index (χ2v) is 7.14. The molecule has 1 aromatic heterocycles. The number of H-pyrrole nitrogens is 1. The zero-order valence-corrected chi connectivity index (χ0v) is 15.6. The topological polar surface area (TPSA) is 91.4 Å². The highest BCUT2D eigenvalue weighted by Gasteiger charge is 2.25. The van der Waals surface area contributed by atoms with E-state index in [2.05, 4.69) is 10.3 Å². The van der Waals surface area contributed by atoms with E-state index < -0.39 is 18.2 Å². The van der Waals surface area contributed by atoms with E-state index in [1.165, 1.54) is 19.3 Å². The molecule has 1 amide bonds. The van der Waals surface area contributed by atoms with Crippen molar-refractivity contribution >= 4 is 11.9 Å². The molecule has 2 rings (SSSR count). The van der Waals surface area contributed by atoms with E-state index in [9.17, 15) is 14.7 Å². The van der Waals surface area contributed by atoms with E-state index in [0.29, 0.717) is 29.3 Å². The minimum atomic E-state index is -0.853. The Bertz CT molecular complexity index is 615. The molecule has 140 valence electrons. The highest BCUT2D eigenvalue weighted by molar-refractivity contribution is 5.92. The Labute approximate surface area is 149 Å². The highest BCUT2D eigenvalue weighted by Crippen LogP contribution is 2.25. The van der Waals surface area contributed by atoms with Gasteiger partial charge in [0.25, 0.3) is 5.91 Å². The molecule has 6 heteroatoms. The summed E-state index contributed by atoms with van der Waals surface area (Å²) in [5.41, 5.74) is 2.38. The van der Waals surface area contributed by atoms with Crippen molar-refractivity contribution in [3.63, 3.8) is 0 Å². The molecule has 1 fully saturated rings. The monoisotopic (exact) mass is 350 g/mol. The average molecular weight is 350 g/mol. The Morgan fingerprint density at radius 2 is 1.88 bits per heavy atom. The van der Waals surface area contributed by atoms with Gasteiger partial charge >= 0.3 is 5.97 Å². The van der Waals surface area contributed by atoms with Crippen LogP contribution in [0.3, 0.4) is 0 Å². The fraction of sp³-hybridized carbons (Fsp3) is 0.684. The summed E-state index contributed by atoms with van der Waals surface area (Å²) in [6, 6.07) is 0. The Hall–Kier alpha value is -1.82. The molecular weight excluding hydrogens is 320 g/mol. The third kappa shape index (κ3) is 4.84. The predicted octanol–water partition coefficient (Wildman–Crippen LogP) is 2.93. The Balaban J connectivity index is 1.91. The van der Waals surface area contributed by atoms with E-state index in [1.54, 1.807) is 27.7 Å². The van der Waals surface area contributed by atoms with Gasteiger partial charge in [0, 0.05) is 17.8 Å². The van der Waals surface area contributed by atoms with Crippen molar-refractivity contribution in [3.8, 4) is 0 Å². The first kappa shape index (κ1) is 19.5. The third-order valence-corrected chi connectivity index (χ3v) is 5.06. The van der Waals surface area contributed by atoms with E-state index in [-0.39, 0.29) is 5.91 Å². The highest BCUT2D eigenvalue weighted by atomic mass is 16.5. The molecule has 0 saturated heterocycles. The van der Waals surface area contributed by atoms with Crippen LogP contribution in [0.5, 0.6) is 0 Å². The summed E-state index contributed by atoms with van der Waals surface area (Å²) in [5.74, 6) is -0.314. The molecule has 6 nitrogen and oxygen atoms in total. The number of aryl methyl sites for hydroxylation is 1. The first-order valence-electron chi connectivity index (χ1n) is 9.17. The lowest BCUT2D eigenvalue weighted by molar-refractivity contribution is -0.129. The summed E-state index contributed by atoms with van der Waals surface area (Å²) in [6.45, 7) is 7.43. The molecule has 1 heterocycles. The minimum Gasteiger partial charge on any atom is -0.448 e. The number of aromatic nitrogens is 1. The van der Waals surface area contributed by atoms with Gasteiger partial charge in [-0.05, 0) is 52.0 Å². The van der Waals surface area contributed by atoms with Crippen LogP contribution in [0.15, 0.2) is 0 Å². The van der Waals surface area contributed by atoms with Gasteiger partial charge in [0.15, 0.2) is 6.10 Å². The SMILES string of the molecule is Cc1[nH]c(C(=O)O[C@H](C)C(=O)NCC2CCCCC2)c(C)c1[C@H](C)O. The molecule has 1 aromatic rings. The fourth-order valence-corrected chi connectivity index (χ4v) is 3.65. The van der Waals surface area contributed by atoms with Gasteiger partial charge in [0.2, 0.25) is 0 Å². The maximum absolute atomic E-state index is 12.4. The smallest absolute Gasteiger partial charge is 0.355 e. The first-order valence-corrected chi connectivity index (χ1v) is 9.17. The van der Waals surface area contributed by atoms with Crippen molar-refractivity contribution in [3.05, 3.63) is 22.5 Å². The molecule has 25 heavy (non-hydrogen) atoms. The number of esters is 1. The number of aromatic amines is 1. The number of ether oxygens (including phenoxy) is 1. The lowest BCUT2D eigenvalue weighted by Crippen LogP contribution is -2.38. The van der Waals surface area contributed by atoms with Crippen molar-refractivity contribution in [2.75, 3.05) is 6.54 Å². The van der Waals surface area contributed by atoms with E-state index in [1.807, 2.05) is 0 Å². The van der Waals surface area contributed by atoms with Crippen molar-refractivity contribution in [1.29, 1.82) is 0 Å². The van der Waals surface area contributed by atoms with Crippen LogP contribution < -0.4 is 5.32 Å². The van der Waals surface area contributed by atoms with Gasteiger partial charge in [0.05, 0.1) is 6.10 Å². The second-order valence-electron chi connectivity index (χ2n) is 7.14. The molecule has 1 aliphatic rings. The second kappa shape index (κ2) is 8.52. The molecule has 1 saturated carbocycles. The number of carbonyl (C=O) groups excluding carboxylic acids is 2. The molecular formula is C19H30N2O4. The number of aliphatic hydroxyl groups is 1. The van der Waals surface area contributed by atoms with Crippen molar-refractivity contribution in [2.24, 2.45) is 5.92 Å². The number of aliphatic hydroxyl groups excluding tert-OH is 1. The number of hydrogen-bond acceptors (Lipinski definition) is 4. The summed E-state index contributed by atoms with van der Waals surface area (Å²) >= 11 is 0. The van der Waals surface area contributed by atoms with Crippen LogP contribution in [-0.4, -0.2) is 34.6 Å². The van der Waals surface area contributed by atoms with Crippen molar-refractivity contribution < 1.29 is 19.4 Å². The molecule has 0 spiro atoms. The van der Waals surface area contributed by atoms with E-state index in [4.69, 9.17) is 4.74 Å². The van der Waals surface area contributed by atoms with Crippen LogP contribution in [0.4, 0.5) is 0 Å². The lowest BCUT2D eigenvalue weighted by atomic mass is 9.89. The van der Waals surface area contributed by atoms with Gasteiger partial charge in [0.1, 0.15) is 5.69 Å². The predicted molar refractivity (Wildman–Crippen MR) is 95.4 cm³/mol. The summed E-state index contributed by atoms with van der Waals surface area (Å²) in [6.07, 6.45) is 4.50. The van der Waals surface area contributed by atoms with Gasteiger partial charge in [-0.25, -0.2) is 4.79 Å². The number of hydrogen-bond donors (Lipinski definition) is 3. The zero-order valence-electron chi connectivity index (χ0n) is 15.6. The maximum atomic E-state index is 12.4. The number of amides is 1. The van der Waals surface area contributed by atoms with E-state index in [0.717, 1.165) is 18.5 Å². The van der Waals surface area contributed by atoms with Gasteiger partial charge in [-0.15, -0.1) is 0 Å². The maximum Gasteiger partial charge on any atom is 0.355 e. The average Bonchev–Trinajstić information content (AvgIpc) is 2.88. The van der Waals surface area contributed by atoms with Gasteiger partial charge in [-0.2, -0.15) is 0 Å². The largest absolute Gasteiger partial charge is 0.448 e. The molecule has 0 aromatic carbocycles. The van der Waals surface area contributed by atoms with Crippen molar-refractivity contribution in [1.82, 2.24) is 10.3 Å². The Morgan fingerprint density at radius 1 is 1.24 bits per heavy atom. The molecule has 1 aliphatic carbocycles. The van der Waals surface area contributed by atoms with Crippen LogP contribution >= 0.6 is 0 Å². The molecule has 0 radical (unpaired) electrons. The summed E-state index contributed by atoms with van der Waals surface area (Å²) < 4.78 is 5.30. The molecule has 0 aliphatic heterocycles. The summed E-state index contributed by atoms with van der Waals surface area (Å²) in [7, 11) is 0. The molecule has 3 N–H and O–H groups in total. The van der Waals surface area contributed by atoms with Crippen LogP contribution in [0.2, 0.25) is 0 Å². The normalized spacial score (nSPS) is 17.8. The van der Waals surface area contributed by atoms with Gasteiger partial charge in [-0.1, -0.05) is 19.3 Å². The van der Waals surface area contributed by atoms with Crippen LogP contribution in [0.1, 0.15) is 79.4 Å². The summed E-state index contributed by atoms with van der Waals surface area (Å²) in [5, 5.41) is 12.7. The first-order chi connectivity index (χ1) is 11.8. The van der Waals surface area contributed by atoms with E-state index >= 15 is 0 Å². The van der Waals surface area contributed by atoms with Crippen LogP contribution in [-0.2, 0) is 9.53 Å². The lowest BCUT2D eigenvalue weighted by Gasteiger charge is -2.22. The molecule has 2 atom stereocenters. The minimum absolute atomic E-state index is 0.268. The number of carbonyl (C=O) groups is 2. The van der Waals surface area contributed by atoms with Crippen LogP contribution in [0, 0.1) is 19.8 Å². The Kier molecular flexibility index (Phi) is 6.64. The van der Waals surface area contributed by atoms with Gasteiger partial charge < -0.3 is 20.1 Å². The number of nitrogens with one attached hydrogen (secondary N) is 2. The van der Waals surface area contributed by atoms with Crippen LogP contribution in [0.25, 0.3) is 0 Å². The molecule has 0 unspecified atom stereocenters.